The molecule has 0 aromatic heterocycles. The lowest BCUT2D eigenvalue weighted by Gasteiger charge is -2.25. The van der Waals surface area contributed by atoms with Crippen LogP contribution in [-0.2, 0) is 0 Å². The van der Waals surface area contributed by atoms with Gasteiger partial charge in [0.1, 0.15) is 5.75 Å². The lowest BCUT2D eigenvalue weighted by molar-refractivity contribution is 0.298. The van der Waals surface area contributed by atoms with Crippen molar-refractivity contribution in [3.8, 4) is 5.75 Å². The largest absolute Gasteiger partial charge is 0.497 e. The second kappa shape index (κ2) is 10.7. The van der Waals surface area contributed by atoms with E-state index in [9.17, 15) is 0 Å². The summed E-state index contributed by atoms with van der Waals surface area (Å²) in [5, 5.41) is 3.20. The number of benzene rings is 1. The minimum atomic E-state index is 0. The summed E-state index contributed by atoms with van der Waals surface area (Å²) in [5.74, 6) is 1.88. The molecule has 0 heterocycles. The van der Waals surface area contributed by atoms with E-state index in [1.54, 1.807) is 7.11 Å². The van der Waals surface area contributed by atoms with Crippen LogP contribution in [0.1, 0.15) is 25.5 Å². The monoisotopic (exact) mass is 420 g/mol. The molecular formula is C16H29IN4O. The standard InChI is InChI=1S/C16H28N4O.HI/c1-12(2)10-18-16(17)19-11-15(20(3)4)13-6-8-14(21-5)9-7-13;/h6-9,12,15H,10-11H2,1-5H3,(H3,17,18,19);1H. The molecule has 0 saturated heterocycles. The third-order valence-corrected chi connectivity index (χ3v) is 3.23. The average Bonchev–Trinajstić information content (AvgIpc) is 2.45. The van der Waals surface area contributed by atoms with Gasteiger partial charge < -0.3 is 20.7 Å². The van der Waals surface area contributed by atoms with E-state index in [1.165, 1.54) is 5.56 Å². The van der Waals surface area contributed by atoms with E-state index in [-0.39, 0.29) is 30.0 Å². The minimum absolute atomic E-state index is 0. The predicted molar refractivity (Wildman–Crippen MR) is 104 cm³/mol. The van der Waals surface area contributed by atoms with Gasteiger partial charge >= 0.3 is 0 Å². The highest BCUT2D eigenvalue weighted by Crippen LogP contribution is 2.20. The summed E-state index contributed by atoms with van der Waals surface area (Å²) in [5.41, 5.74) is 7.11. The molecule has 1 aromatic rings. The molecule has 6 heteroatoms. The fraction of sp³-hybridized carbons (Fsp3) is 0.562. The molecule has 0 aliphatic rings. The van der Waals surface area contributed by atoms with Gasteiger partial charge in [-0.15, -0.1) is 24.0 Å². The molecule has 0 spiro atoms. The molecule has 0 aliphatic heterocycles. The Morgan fingerprint density at radius 1 is 1.27 bits per heavy atom. The highest BCUT2D eigenvalue weighted by Gasteiger charge is 2.14. The number of hydrogen-bond acceptors (Lipinski definition) is 3. The van der Waals surface area contributed by atoms with Gasteiger partial charge in [-0.3, -0.25) is 4.99 Å². The van der Waals surface area contributed by atoms with Crippen LogP contribution in [0.2, 0.25) is 0 Å². The highest BCUT2D eigenvalue weighted by molar-refractivity contribution is 14.0. The van der Waals surface area contributed by atoms with Crippen molar-refractivity contribution < 1.29 is 4.74 Å². The SMILES string of the molecule is COc1ccc(C(CNC(N)=NCC(C)C)N(C)C)cc1.I. The Balaban J connectivity index is 0.00000441. The third kappa shape index (κ3) is 7.31. The molecule has 0 radical (unpaired) electrons. The van der Waals surface area contributed by atoms with Crippen LogP contribution in [0.15, 0.2) is 29.3 Å². The number of hydrogen-bond donors (Lipinski definition) is 2. The summed E-state index contributed by atoms with van der Waals surface area (Å²) in [4.78, 5) is 6.48. The molecule has 1 unspecified atom stereocenters. The van der Waals surface area contributed by atoms with Crippen LogP contribution < -0.4 is 15.8 Å². The number of guanidine groups is 1. The molecule has 0 amide bonds. The topological polar surface area (TPSA) is 62.9 Å². The zero-order valence-corrected chi connectivity index (χ0v) is 16.5. The number of rotatable bonds is 7. The minimum Gasteiger partial charge on any atom is -0.497 e. The van der Waals surface area contributed by atoms with Crippen LogP contribution in [0.25, 0.3) is 0 Å². The molecule has 1 rings (SSSR count). The Bertz CT molecular complexity index is 446. The van der Waals surface area contributed by atoms with Crippen molar-refractivity contribution in [2.75, 3.05) is 34.3 Å². The van der Waals surface area contributed by atoms with E-state index in [2.05, 4.69) is 55.3 Å². The van der Waals surface area contributed by atoms with Crippen molar-refractivity contribution in [2.45, 2.75) is 19.9 Å². The number of halogens is 1. The average molecular weight is 420 g/mol. The van der Waals surface area contributed by atoms with Gasteiger partial charge in [-0.25, -0.2) is 0 Å². The van der Waals surface area contributed by atoms with E-state index in [4.69, 9.17) is 10.5 Å². The second-order valence-electron chi connectivity index (χ2n) is 5.75. The van der Waals surface area contributed by atoms with Crippen molar-refractivity contribution in [1.29, 1.82) is 0 Å². The summed E-state index contributed by atoms with van der Waals surface area (Å²) in [6.07, 6.45) is 0. The van der Waals surface area contributed by atoms with Crippen LogP contribution in [-0.4, -0.2) is 45.2 Å². The molecule has 126 valence electrons. The lowest BCUT2D eigenvalue weighted by Crippen LogP contribution is -2.38. The quantitative estimate of drug-likeness (QED) is 0.404. The van der Waals surface area contributed by atoms with Gasteiger partial charge in [0.2, 0.25) is 0 Å². The first kappa shape index (κ1) is 21.0. The number of nitrogens with two attached hydrogens (primary N) is 1. The summed E-state index contributed by atoms with van der Waals surface area (Å²) in [6.45, 7) is 5.70. The van der Waals surface area contributed by atoms with Gasteiger partial charge in [0.15, 0.2) is 5.96 Å². The Hall–Kier alpha value is -1.02. The van der Waals surface area contributed by atoms with Gasteiger partial charge in [-0.2, -0.15) is 0 Å². The van der Waals surface area contributed by atoms with Gasteiger partial charge in [0.05, 0.1) is 13.2 Å². The van der Waals surface area contributed by atoms with Crippen LogP contribution in [0.5, 0.6) is 5.75 Å². The van der Waals surface area contributed by atoms with Crippen LogP contribution in [0.3, 0.4) is 0 Å². The molecule has 0 aliphatic carbocycles. The van der Waals surface area contributed by atoms with Gasteiger partial charge in [0, 0.05) is 13.1 Å². The maximum absolute atomic E-state index is 5.89. The van der Waals surface area contributed by atoms with Crippen molar-refractivity contribution in [2.24, 2.45) is 16.6 Å². The van der Waals surface area contributed by atoms with Crippen LogP contribution in [0, 0.1) is 5.92 Å². The normalized spacial score (nSPS) is 13.0. The lowest BCUT2D eigenvalue weighted by atomic mass is 10.1. The van der Waals surface area contributed by atoms with Crippen molar-refractivity contribution in [3.05, 3.63) is 29.8 Å². The highest BCUT2D eigenvalue weighted by atomic mass is 127. The van der Waals surface area contributed by atoms with Gasteiger partial charge in [0.25, 0.3) is 0 Å². The molecule has 5 nitrogen and oxygen atoms in total. The van der Waals surface area contributed by atoms with Crippen molar-refractivity contribution in [1.82, 2.24) is 10.2 Å². The fourth-order valence-electron chi connectivity index (χ4n) is 1.96. The predicted octanol–water partition coefficient (Wildman–Crippen LogP) is 2.48. The number of ether oxygens (including phenoxy) is 1. The zero-order valence-electron chi connectivity index (χ0n) is 14.2. The number of methoxy groups -OCH3 is 1. The first-order valence-corrected chi connectivity index (χ1v) is 7.28. The Kier molecular flexibility index (Phi) is 10.2. The van der Waals surface area contributed by atoms with E-state index in [0.29, 0.717) is 18.4 Å². The Morgan fingerprint density at radius 2 is 1.86 bits per heavy atom. The van der Waals surface area contributed by atoms with Gasteiger partial charge in [-0.1, -0.05) is 26.0 Å². The van der Waals surface area contributed by atoms with E-state index < -0.39 is 0 Å². The van der Waals surface area contributed by atoms with Crippen molar-refractivity contribution >= 4 is 29.9 Å². The summed E-state index contributed by atoms with van der Waals surface area (Å²) < 4.78 is 5.19. The smallest absolute Gasteiger partial charge is 0.188 e. The first-order valence-electron chi connectivity index (χ1n) is 7.28. The molecule has 0 saturated carbocycles. The number of nitrogens with zero attached hydrogens (tertiary/aromatic N) is 2. The van der Waals surface area contributed by atoms with E-state index in [0.717, 1.165) is 12.3 Å². The molecule has 22 heavy (non-hydrogen) atoms. The molecule has 0 fully saturated rings. The fourth-order valence-corrected chi connectivity index (χ4v) is 1.96. The first-order chi connectivity index (χ1) is 9.93. The summed E-state index contributed by atoms with van der Waals surface area (Å²) >= 11 is 0. The Morgan fingerprint density at radius 3 is 2.32 bits per heavy atom. The Labute approximate surface area is 151 Å². The third-order valence-electron chi connectivity index (χ3n) is 3.23. The molecule has 1 aromatic carbocycles. The summed E-state index contributed by atoms with van der Waals surface area (Å²) in [7, 11) is 5.78. The molecule has 3 N–H and O–H groups in total. The van der Waals surface area contributed by atoms with Gasteiger partial charge in [-0.05, 0) is 37.7 Å². The molecular weight excluding hydrogens is 391 g/mol. The summed E-state index contributed by atoms with van der Waals surface area (Å²) in [6, 6.07) is 8.33. The molecule has 1 atom stereocenters. The van der Waals surface area contributed by atoms with E-state index >= 15 is 0 Å². The molecule has 0 bridgehead atoms. The van der Waals surface area contributed by atoms with Crippen LogP contribution >= 0.6 is 24.0 Å². The zero-order chi connectivity index (χ0) is 15.8. The van der Waals surface area contributed by atoms with Crippen molar-refractivity contribution in [3.63, 3.8) is 0 Å². The number of aliphatic imine (C=N–C) groups is 1. The maximum Gasteiger partial charge on any atom is 0.188 e. The number of nitrogens with one attached hydrogen (secondary N) is 1. The van der Waals surface area contributed by atoms with Crippen LogP contribution in [0.4, 0.5) is 0 Å². The number of likely N-dealkylation sites (N-methyl/N-ethyl adjacent to an activating group) is 1. The van der Waals surface area contributed by atoms with E-state index in [1.807, 2.05) is 12.1 Å². The second-order valence-corrected chi connectivity index (χ2v) is 5.75. The maximum atomic E-state index is 5.89.